The Morgan fingerprint density at radius 3 is 2.21 bits per heavy atom. The SMILES string of the molecule is COc1ccccc1CN(CCO)C(=O)c1ccc(C(=O)NC(C)(C)C)cc1. The number of nitrogens with zero attached hydrogens (tertiary/aromatic N) is 1. The van der Waals surface area contributed by atoms with Crippen LogP contribution in [0.15, 0.2) is 48.5 Å². The van der Waals surface area contributed by atoms with Crippen LogP contribution in [-0.2, 0) is 6.54 Å². The maximum absolute atomic E-state index is 12.9. The quantitative estimate of drug-likeness (QED) is 0.769. The van der Waals surface area contributed by atoms with Gasteiger partial charge < -0.3 is 20.1 Å². The van der Waals surface area contributed by atoms with Gasteiger partial charge in [-0.2, -0.15) is 0 Å². The minimum absolute atomic E-state index is 0.146. The highest BCUT2D eigenvalue weighted by atomic mass is 16.5. The number of carbonyl (C=O) groups is 2. The second kappa shape index (κ2) is 9.37. The van der Waals surface area contributed by atoms with Gasteiger partial charge in [-0.15, -0.1) is 0 Å². The van der Waals surface area contributed by atoms with E-state index < -0.39 is 0 Å². The second-order valence-corrected chi connectivity index (χ2v) is 7.54. The number of methoxy groups -OCH3 is 1. The molecule has 0 aliphatic carbocycles. The van der Waals surface area contributed by atoms with E-state index >= 15 is 0 Å². The van der Waals surface area contributed by atoms with Crippen molar-refractivity contribution in [2.75, 3.05) is 20.3 Å². The average Bonchev–Trinajstić information content (AvgIpc) is 2.66. The molecule has 2 N–H and O–H groups in total. The summed E-state index contributed by atoms with van der Waals surface area (Å²) in [5.74, 6) is 0.280. The summed E-state index contributed by atoms with van der Waals surface area (Å²) < 4.78 is 5.35. The van der Waals surface area contributed by atoms with E-state index in [1.165, 1.54) is 0 Å². The molecular weight excluding hydrogens is 356 g/mol. The first-order valence-electron chi connectivity index (χ1n) is 9.20. The van der Waals surface area contributed by atoms with Crippen molar-refractivity contribution in [2.45, 2.75) is 32.9 Å². The lowest BCUT2D eigenvalue weighted by Gasteiger charge is -2.23. The number of amides is 2. The average molecular weight is 384 g/mol. The van der Waals surface area contributed by atoms with Gasteiger partial charge in [0, 0.05) is 35.3 Å². The predicted octanol–water partition coefficient (Wildman–Crippen LogP) is 2.86. The van der Waals surface area contributed by atoms with Crippen molar-refractivity contribution in [1.29, 1.82) is 0 Å². The topological polar surface area (TPSA) is 78.9 Å². The summed E-state index contributed by atoms with van der Waals surface area (Å²) >= 11 is 0. The molecule has 0 aliphatic heterocycles. The molecule has 0 saturated heterocycles. The molecule has 0 heterocycles. The van der Waals surface area contributed by atoms with Crippen LogP contribution in [-0.4, -0.2) is 47.6 Å². The zero-order valence-corrected chi connectivity index (χ0v) is 16.9. The molecule has 2 rings (SSSR count). The lowest BCUT2D eigenvalue weighted by Crippen LogP contribution is -2.40. The number of hydrogen-bond donors (Lipinski definition) is 2. The van der Waals surface area contributed by atoms with E-state index in [0.29, 0.717) is 23.4 Å². The molecule has 6 heteroatoms. The fraction of sp³-hybridized carbons (Fsp3) is 0.364. The molecule has 0 aliphatic rings. The van der Waals surface area contributed by atoms with Gasteiger partial charge in [-0.25, -0.2) is 0 Å². The van der Waals surface area contributed by atoms with Gasteiger partial charge in [0.2, 0.25) is 0 Å². The lowest BCUT2D eigenvalue weighted by atomic mass is 10.1. The number of hydrogen-bond acceptors (Lipinski definition) is 4. The summed E-state index contributed by atoms with van der Waals surface area (Å²) in [4.78, 5) is 26.7. The number of rotatable bonds is 7. The molecule has 6 nitrogen and oxygen atoms in total. The van der Waals surface area contributed by atoms with Crippen LogP contribution in [0.25, 0.3) is 0 Å². The van der Waals surface area contributed by atoms with Crippen molar-refractivity contribution in [1.82, 2.24) is 10.2 Å². The molecule has 2 amide bonds. The number of carbonyl (C=O) groups excluding carboxylic acids is 2. The maximum atomic E-state index is 12.9. The van der Waals surface area contributed by atoms with E-state index in [-0.39, 0.29) is 30.5 Å². The molecule has 0 saturated carbocycles. The summed E-state index contributed by atoms with van der Waals surface area (Å²) in [5.41, 5.74) is 1.46. The van der Waals surface area contributed by atoms with Crippen LogP contribution in [0.2, 0.25) is 0 Å². The van der Waals surface area contributed by atoms with Crippen LogP contribution in [0.1, 0.15) is 47.1 Å². The number of aliphatic hydroxyl groups excluding tert-OH is 1. The third kappa shape index (κ3) is 5.82. The minimum Gasteiger partial charge on any atom is -0.496 e. The molecule has 0 fully saturated rings. The van der Waals surface area contributed by atoms with Crippen LogP contribution in [0.4, 0.5) is 0 Å². The normalized spacial score (nSPS) is 11.0. The van der Waals surface area contributed by atoms with E-state index in [0.717, 1.165) is 5.56 Å². The maximum Gasteiger partial charge on any atom is 0.254 e. The number of ether oxygens (including phenoxy) is 1. The summed E-state index contributed by atoms with van der Waals surface area (Å²) in [7, 11) is 1.58. The van der Waals surface area contributed by atoms with Crippen molar-refractivity contribution < 1.29 is 19.4 Å². The third-order valence-corrected chi connectivity index (χ3v) is 4.09. The van der Waals surface area contributed by atoms with E-state index in [9.17, 15) is 14.7 Å². The standard InChI is InChI=1S/C22H28N2O4/c1-22(2,3)23-20(26)16-9-11-17(12-10-16)21(27)24(13-14-25)15-18-7-5-6-8-19(18)28-4/h5-12,25H,13-15H2,1-4H3,(H,23,26). The molecule has 0 unspecified atom stereocenters. The Hall–Kier alpha value is -2.86. The summed E-state index contributed by atoms with van der Waals surface area (Å²) in [5, 5.41) is 12.3. The molecular formula is C22H28N2O4. The van der Waals surface area contributed by atoms with Crippen molar-refractivity contribution in [3.8, 4) is 5.75 Å². The Kier molecular flexibility index (Phi) is 7.18. The largest absolute Gasteiger partial charge is 0.496 e. The Bertz CT molecular complexity index is 810. The van der Waals surface area contributed by atoms with Crippen molar-refractivity contribution in [3.63, 3.8) is 0 Å². The molecule has 28 heavy (non-hydrogen) atoms. The molecule has 0 aromatic heterocycles. The Balaban J connectivity index is 2.17. The Morgan fingerprint density at radius 1 is 1.04 bits per heavy atom. The summed E-state index contributed by atoms with van der Waals surface area (Å²) in [6.07, 6.45) is 0. The summed E-state index contributed by atoms with van der Waals surface area (Å²) in [6.45, 7) is 6.10. The summed E-state index contributed by atoms with van der Waals surface area (Å²) in [6, 6.07) is 14.0. The van der Waals surface area contributed by atoms with Gasteiger partial charge in [-0.3, -0.25) is 9.59 Å². The smallest absolute Gasteiger partial charge is 0.254 e. The molecule has 0 atom stereocenters. The van der Waals surface area contributed by atoms with Gasteiger partial charge in [-0.1, -0.05) is 18.2 Å². The van der Waals surface area contributed by atoms with Crippen LogP contribution in [0.5, 0.6) is 5.75 Å². The molecule has 0 bridgehead atoms. The van der Waals surface area contributed by atoms with Crippen molar-refractivity contribution in [3.05, 3.63) is 65.2 Å². The van der Waals surface area contributed by atoms with Crippen LogP contribution in [0.3, 0.4) is 0 Å². The van der Waals surface area contributed by atoms with Gasteiger partial charge in [0.05, 0.1) is 13.7 Å². The molecule has 2 aromatic rings. The zero-order valence-electron chi connectivity index (χ0n) is 16.9. The first-order valence-corrected chi connectivity index (χ1v) is 9.20. The van der Waals surface area contributed by atoms with Crippen molar-refractivity contribution >= 4 is 11.8 Å². The highest BCUT2D eigenvalue weighted by Gasteiger charge is 2.19. The molecule has 150 valence electrons. The minimum atomic E-state index is -0.335. The second-order valence-electron chi connectivity index (χ2n) is 7.54. The highest BCUT2D eigenvalue weighted by molar-refractivity contribution is 5.98. The van der Waals surface area contributed by atoms with Crippen LogP contribution >= 0.6 is 0 Å². The van der Waals surface area contributed by atoms with Gasteiger partial charge >= 0.3 is 0 Å². The number of para-hydroxylation sites is 1. The Labute approximate surface area is 166 Å². The Morgan fingerprint density at radius 2 is 1.64 bits per heavy atom. The van der Waals surface area contributed by atoms with E-state index in [2.05, 4.69) is 5.32 Å². The van der Waals surface area contributed by atoms with Crippen LogP contribution < -0.4 is 10.1 Å². The first-order chi connectivity index (χ1) is 13.2. The molecule has 0 spiro atoms. The van der Waals surface area contributed by atoms with Gasteiger partial charge in [0.1, 0.15) is 5.75 Å². The monoisotopic (exact) mass is 384 g/mol. The third-order valence-electron chi connectivity index (χ3n) is 4.09. The van der Waals surface area contributed by atoms with Crippen molar-refractivity contribution in [2.24, 2.45) is 0 Å². The van der Waals surface area contributed by atoms with E-state index in [1.807, 2.05) is 45.0 Å². The fourth-order valence-corrected chi connectivity index (χ4v) is 2.77. The number of aliphatic hydroxyl groups is 1. The van der Waals surface area contributed by atoms with E-state index in [1.54, 1.807) is 36.3 Å². The number of nitrogens with one attached hydrogen (secondary N) is 1. The van der Waals surface area contributed by atoms with E-state index in [4.69, 9.17) is 4.74 Å². The molecule has 0 radical (unpaired) electrons. The molecule has 2 aromatic carbocycles. The van der Waals surface area contributed by atoms with Gasteiger partial charge in [0.15, 0.2) is 0 Å². The predicted molar refractivity (Wildman–Crippen MR) is 108 cm³/mol. The fourth-order valence-electron chi connectivity index (χ4n) is 2.77. The van der Waals surface area contributed by atoms with Gasteiger partial charge in [0.25, 0.3) is 11.8 Å². The highest BCUT2D eigenvalue weighted by Crippen LogP contribution is 2.20. The first kappa shape index (κ1) is 21.4. The zero-order chi connectivity index (χ0) is 20.7. The lowest BCUT2D eigenvalue weighted by molar-refractivity contribution is 0.0706. The van der Waals surface area contributed by atoms with Gasteiger partial charge in [-0.05, 0) is 51.1 Å². The number of benzene rings is 2. The van der Waals surface area contributed by atoms with Crippen LogP contribution in [0, 0.1) is 0 Å².